The molecule has 0 bridgehead atoms. The van der Waals surface area contributed by atoms with Gasteiger partial charge in [-0.1, -0.05) is 39.9 Å². The SMILES string of the molecule is CC(C)CN(CCC(C)(C)C(N)=S)CC(N)=O. The van der Waals surface area contributed by atoms with Gasteiger partial charge in [-0.25, -0.2) is 0 Å². The van der Waals surface area contributed by atoms with Crippen LogP contribution in [-0.2, 0) is 4.79 Å². The molecule has 0 unspecified atom stereocenters. The van der Waals surface area contributed by atoms with Crippen molar-refractivity contribution in [3.8, 4) is 0 Å². The van der Waals surface area contributed by atoms with E-state index < -0.39 is 0 Å². The van der Waals surface area contributed by atoms with Crippen LogP contribution in [0.3, 0.4) is 0 Å². The third-order valence-corrected chi connectivity index (χ3v) is 3.28. The van der Waals surface area contributed by atoms with E-state index in [0.29, 0.717) is 17.5 Å². The summed E-state index contributed by atoms with van der Waals surface area (Å²) in [6.07, 6.45) is 0.836. The quantitative estimate of drug-likeness (QED) is 0.641. The first-order chi connectivity index (χ1) is 7.65. The van der Waals surface area contributed by atoms with Gasteiger partial charge in [-0.05, 0) is 18.9 Å². The van der Waals surface area contributed by atoms with E-state index in [2.05, 4.69) is 18.7 Å². The van der Waals surface area contributed by atoms with Gasteiger partial charge in [0.15, 0.2) is 0 Å². The van der Waals surface area contributed by atoms with Crippen molar-refractivity contribution in [2.24, 2.45) is 22.8 Å². The highest BCUT2D eigenvalue weighted by Gasteiger charge is 2.22. The molecule has 0 aliphatic rings. The van der Waals surface area contributed by atoms with Crippen LogP contribution in [0.15, 0.2) is 0 Å². The summed E-state index contributed by atoms with van der Waals surface area (Å²) in [7, 11) is 0. The zero-order chi connectivity index (χ0) is 13.6. The molecule has 0 rings (SSSR count). The van der Waals surface area contributed by atoms with Gasteiger partial charge in [0.2, 0.25) is 5.91 Å². The number of carbonyl (C=O) groups excluding carboxylic acids is 1. The predicted octanol–water partition coefficient (Wildman–Crippen LogP) is 1.13. The lowest BCUT2D eigenvalue weighted by Gasteiger charge is -2.28. The predicted molar refractivity (Wildman–Crippen MR) is 75.7 cm³/mol. The van der Waals surface area contributed by atoms with Crippen LogP contribution in [0.1, 0.15) is 34.1 Å². The van der Waals surface area contributed by atoms with E-state index in [1.807, 2.05) is 13.8 Å². The first-order valence-electron chi connectivity index (χ1n) is 5.95. The van der Waals surface area contributed by atoms with E-state index in [1.54, 1.807) is 0 Å². The van der Waals surface area contributed by atoms with E-state index in [9.17, 15) is 4.79 Å². The lowest BCUT2D eigenvalue weighted by atomic mass is 9.89. The highest BCUT2D eigenvalue weighted by Crippen LogP contribution is 2.21. The summed E-state index contributed by atoms with van der Waals surface area (Å²) in [6.45, 7) is 10.2. The van der Waals surface area contributed by atoms with Gasteiger partial charge in [0.25, 0.3) is 0 Å². The summed E-state index contributed by atoms with van der Waals surface area (Å²) in [6, 6.07) is 0. The molecule has 0 aliphatic heterocycles. The Morgan fingerprint density at radius 3 is 2.24 bits per heavy atom. The highest BCUT2D eigenvalue weighted by atomic mass is 32.1. The third-order valence-electron chi connectivity index (χ3n) is 2.72. The summed E-state index contributed by atoms with van der Waals surface area (Å²) >= 11 is 5.03. The minimum absolute atomic E-state index is 0.178. The summed E-state index contributed by atoms with van der Waals surface area (Å²) < 4.78 is 0. The van der Waals surface area contributed by atoms with Crippen molar-refractivity contribution in [2.45, 2.75) is 34.1 Å². The van der Waals surface area contributed by atoms with Crippen molar-refractivity contribution in [1.29, 1.82) is 0 Å². The van der Waals surface area contributed by atoms with Gasteiger partial charge >= 0.3 is 0 Å². The molecule has 100 valence electrons. The maximum Gasteiger partial charge on any atom is 0.231 e. The van der Waals surface area contributed by atoms with Crippen LogP contribution >= 0.6 is 12.2 Å². The maximum atomic E-state index is 11.0. The minimum atomic E-state index is -0.293. The number of amides is 1. The molecular formula is C12H25N3OS. The Balaban J connectivity index is 4.34. The Labute approximate surface area is 110 Å². The largest absolute Gasteiger partial charge is 0.393 e. The van der Waals surface area contributed by atoms with E-state index >= 15 is 0 Å². The van der Waals surface area contributed by atoms with Gasteiger partial charge in [-0.15, -0.1) is 0 Å². The smallest absolute Gasteiger partial charge is 0.231 e. The molecular weight excluding hydrogens is 234 g/mol. The molecule has 1 amide bonds. The fourth-order valence-electron chi connectivity index (χ4n) is 1.53. The molecule has 0 heterocycles. The zero-order valence-corrected chi connectivity index (χ0v) is 12.1. The number of rotatable bonds is 8. The third kappa shape index (κ3) is 7.28. The first-order valence-corrected chi connectivity index (χ1v) is 6.36. The minimum Gasteiger partial charge on any atom is -0.393 e. The standard InChI is InChI=1S/C12H25N3OS/c1-9(2)7-15(8-10(13)16)6-5-12(3,4)11(14)17/h9H,5-8H2,1-4H3,(H2,13,16)(H2,14,17). The Bertz CT molecular complexity index is 277. The fourth-order valence-corrected chi connectivity index (χ4v) is 1.63. The summed E-state index contributed by atoms with van der Waals surface area (Å²) in [4.78, 5) is 13.6. The second-order valence-corrected chi connectivity index (χ2v) is 6.03. The zero-order valence-electron chi connectivity index (χ0n) is 11.3. The molecule has 0 aliphatic carbocycles. The van der Waals surface area contributed by atoms with Crippen molar-refractivity contribution >= 4 is 23.1 Å². The second-order valence-electron chi connectivity index (χ2n) is 5.59. The van der Waals surface area contributed by atoms with Gasteiger partial charge in [0, 0.05) is 12.0 Å². The number of nitrogens with two attached hydrogens (primary N) is 2. The molecule has 0 aromatic carbocycles. The lowest BCUT2D eigenvalue weighted by molar-refractivity contribution is -0.119. The van der Waals surface area contributed by atoms with Gasteiger partial charge in [-0.3, -0.25) is 9.69 Å². The molecule has 0 radical (unpaired) electrons. The highest BCUT2D eigenvalue weighted by molar-refractivity contribution is 7.80. The van der Waals surface area contributed by atoms with Crippen molar-refractivity contribution in [3.63, 3.8) is 0 Å². The summed E-state index contributed by atoms with van der Waals surface area (Å²) in [5, 5.41) is 0. The Hall–Kier alpha value is -0.680. The monoisotopic (exact) mass is 259 g/mol. The first kappa shape index (κ1) is 16.3. The second kappa shape index (κ2) is 6.91. The average molecular weight is 259 g/mol. The number of nitrogens with zero attached hydrogens (tertiary/aromatic N) is 1. The van der Waals surface area contributed by atoms with Crippen LogP contribution in [0.4, 0.5) is 0 Å². The lowest BCUT2D eigenvalue weighted by Crippen LogP contribution is -2.40. The van der Waals surface area contributed by atoms with Crippen LogP contribution in [-0.4, -0.2) is 35.4 Å². The molecule has 0 aromatic heterocycles. The molecule has 0 saturated heterocycles. The fraction of sp³-hybridized carbons (Fsp3) is 0.833. The van der Waals surface area contributed by atoms with E-state index in [-0.39, 0.29) is 11.3 Å². The van der Waals surface area contributed by atoms with Crippen LogP contribution in [0.25, 0.3) is 0 Å². The topological polar surface area (TPSA) is 72.3 Å². The van der Waals surface area contributed by atoms with Crippen LogP contribution < -0.4 is 11.5 Å². The summed E-state index contributed by atoms with van der Waals surface area (Å²) in [5.74, 6) is 0.209. The van der Waals surface area contributed by atoms with E-state index in [1.165, 1.54) is 0 Å². The molecule has 0 saturated carbocycles. The number of primary amides is 1. The normalized spacial score (nSPS) is 12.1. The van der Waals surface area contributed by atoms with Crippen LogP contribution in [0, 0.1) is 11.3 Å². The number of hydrogen-bond acceptors (Lipinski definition) is 3. The van der Waals surface area contributed by atoms with Crippen LogP contribution in [0.5, 0.6) is 0 Å². The van der Waals surface area contributed by atoms with Crippen molar-refractivity contribution in [2.75, 3.05) is 19.6 Å². The van der Waals surface area contributed by atoms with Gasteiger partial charge < -0.3 is 11.5 Å². The molecule has 5 heteroatoms. The Morgan fingerprint density at radius 1 is 1.35 bits per heavy atom. The molecule has 0 fully saturated rings. The van der Waals surface area contributed by atoms with Crippen LogP contribution in [0.2, 0.25) is 0 Å². The van der Waals surface area contributed by atoms with Gasteiger partial charge in [-0.2, -0.15) is 0 Å². The van der Waals surface area contributed by atoms with Gasteiger partial charge in [0.05, 0.1) is 11.5 Å². The number of thiocarbonyl (C=S) groups is 1. The van der Waals surface area contributed by atoms with Crippen molar-refractivity contribution < 1.29 is 4.79 Å². The Kier molecular flexibility index (Phi) is 6.64. The molecule has 4 nitrogen and oxygen atoms in total. The van der Waals surface area contributed by atoms with Crippen molar-refractivity contribution in [1.82, 2.24) is 4.90 Å². The molecule has 4 N–H and O–H groups in total. The number of hydrogen-bond donors (Lipinski definition) is 2. The van der Waals surface area contributed by atoms with Crippen molar-refractivity contribution in [3.05, 3.63) is 0 Å². The summed E-state index contributed by atoms with van der Waals surface area (Å²) in [5.41, 5.74) is 10.7. The van der Waals surface area contributed by atoms with E-state index in [0.717, 1.165) is 19.5 Å². The molecule has 0 atom stereocenters. The van der Waals surface area contributed by atoms with Gasteiger partial charge in [0.1, 0.15) is 0 Å². The molecule has 0 spiro atoms. The van der Waals surface area contributed by atoms with E-state index in [4.69, 9.17) is 23.7 Å². The Morgan fingerprint density at radius 2 is 1.88 bits per heavy atom. The molecule has 17 heavy (non-hydrogen) atoms. The molecule has 0 aromatic rings. The average Bonchev–Trinajstić information content (AvgIpc) is 2.12. The number of carbonyl (C=O) groups is 1. The maximum absolute atomic E-state index is 11.0.